The van der Waals surface area contributed by atoms with Crippen molar-refractivity contribution >= 4 is 5.97 Å². The Bertz CT molecular complexity index is 343. The van der Waals surface area contributed by atoms with Crippen LogP contribution < -0.4 is 5.32 Å². The summed E-state index contributed by atoms with van der Waals surface area (Å²) >= 11 is 0. The second-order valence-corrected chi connectivity index (χ2v) is 3.28. The van der Waals surface area contributed by atoms with Crippen LogP contribution in [0.4, 0.5) is 0 Å². The molecule has 0 aromatic carbocycles. The average Bonchev–Trinajstić information content (AvgIpc) is 2.48. The molecule has 4 nitrogen and oxygen atoms in total. The van der Waals surface area contributed by atoms with E-state index in [0.29, 0.717) is 5.69 Å². The Morgan fingerprint density at radius 3 is 3.15 bits per heavy atom. The number of hydrogen-bond donors (Lipinski definition) is 2. The van der Waals surface area contributed by atoms with Gasteiger partial charge in [-0.3, -0.25) is 0 Å². The minimum Gasteiger partial charge on any atom is -0.477 e. The van der Waals surface area contributed by atoms with E-state index in [1.165, 1.54) is 0 Å². The van der Waals surface area contributed by atoms with Crippen molar-refractivity contribution in [2.24, 2.45) is 0 Å². The summed E-state index contributed by atoms with van der Waals surface area (Å²) in [4.78, 5) is 10.8. The van der Waals surface area contributed by atoms with Crippen LogP contribution in [0.15, 0.2) is 12.1 Å². The molecule has 4 heteroatoms. The molecule has 2 rings (SSSR count). The van der Waals surface area contributed by atoms with Crippen LogP contribution in [0.1, 0.15) is 29.1 Å². The first-order chi connectivity index (χ1) is 6.20. The van der Waals surface area contributed by atoms with Crippen LogP contribution in [-0.2, 0) is 6.54 Å². The predicted molar refractivity (Wildman–Crippen MR) is 47.8 cm³/mol. The first-order valence-corrected chi connectivity index (χ1v) is 4.36. The van der Waals surface area contributed by atoms with Crippen molar-refractivity contribution in [2.45, 2.75) is 19.5 Å². The van der Waals surface area contributed by atoms with E-state index in [9.17, 15) is 4.79 Å². The van der Waals surface area contributed by atoms with Crippen LogP contribution in [0.5, 0.6) is 0 Å². The molecular formula is C9H12N2O2. The maximum absolute atomic E-state index is 10.8. The highest BCUT2D eigenvalue weighted by Gasteiger charge is 2.20. The second kappa shape index (κ2) is 2.88. The lowest BCUT2D eigenvalue weighted by Crippen LogP contribution is -2.32. The third kappa shape index (κ3) is 1.23. The zero-order valence-electron chi connectivity index (χ0n) is 7.45. The van der Waals surface area contributed by atoms with Crippen LogP contribution in [0.25, 0.3) is 0 Å². The van der Waals surface area contributed by atoms with E-state index >= 15 is 0 Å². The van der Waals surface area contributed by atoms with Crippen molar-refractivity contribution < 1.29 is 9.90 Å². The van der Waals surface area contributed by atoms with Gasteiger partial charge in [0.05, 0.1) is 0 Å². The average molecular weight is 180 g/mol. The Balaban J connectivity index is 2.47. The number of hydrogen-bond acceptors (Lipinski definition) is 2. The van der Waals surface area contributed by atoms with Gasteiger partial charge >= 0.3 is 5.97 Å². The normalized spacial score (nSPS) is 21.2. The fourth-order valence-electron chi connectivity index (χ4n) is 1.80. The van der Waals surface area contributed by atoms with Gasteiger partial charge in [0.1, 0.15) is 5.69 Å². The molecule has 0 bridgehead atoms. The quantitative estimate of drug-likeness (QED) is 0.673. The molecule has 1 aliphatic heterocycles. The number of carboxylic acid groups (broad SMARTS) is 1. The number of nitrogens with zero attached hydrogens (tertiary/aromatic N) is 1. The van der Waals surface area contributed by atoms with Gasteiger partial charge in [0.15, 0.2) is 0 Å². The number of rotatable bonds is 1. The van der Waals surface area contributed by atoms with Gasteiger partial charge in [-0.1, -0.05) is 0 Å². The van der Waals surface area contributed by atoms with Gasteiger partial charge < -0.3 is 15.0 Å². The monoisotopic (exact) mass is 180 g/mol. The molecule has 0 saturated carbocycles. The lowest BCUT2D eigenvalue weighted by molar-refractivity contribution is 0.0683. The van der Waals surface area contributed by atoms with Crippen molar-refractivity contribution in [2.75, 3.05) is 6.54 Å². The van der Waals surface area contributed by atoms with Crippen LogP contribution >= 0.6 is 0 Å². The highest BCUT2D eigenvalue weighted by molar-refractivity contribution is 5.86. The number of carboxylic acids is 1. The summed E-state index contributed by atoms with van der Waals surface area (Å²) in [5, 5.41) is 12.2. The van der Waals surface area contributed by atoms with E-state index < -0.39 is 5.97 Å². The zero-order valence-corrected chi connectivity index (χ0v) is 7.45. The predicted octanol–water partition coefficient (Wildman–Crippen LogP) is 0.850. The summed E-state index contributed by atoms with van der Waals surface area (Å²) in [6, 6.07) is 3.79. The summed E-state index contributed by atoms with van der Waals surface area (Å²) in [6.45, 7) is 3.62. The Morgan fingerprint density at radius 1 is 1.69 bits per heavy atom. The Labute approximate surface area is 76.2 Å². The standard InChI is InChI=1S/C9H12N2O2/c1-6-7-2-3-8(9(12)13)11(7)5-4-10-6/h2-3,6,10H,4-5H2,1H3,(H,12,13)/t6-/m0/s1. The third-order valence-electron chi connectivity index (χ3n) is 2.46. The second-order valence-electron chi connectivity index (χ2n) is 3.28. The molecule has 0 fully saturated rings. The van der Waals surface area contributed by atoms with E-state index in [-0.39, 0.29) is 6.04 Å². The van der Waals surface area contributed by atoms with Gasteiger partial charge in [-0.2, -0.15) is 0 Å². The van der Waals surface area contributed by atoms with Crippen molar-refractivity contribution in [1.29, 1.82) is 0 Å². The number of carbonyl (C=O) groups is 1. The van der Waals surface area contributed by atoms with Crippen LogP contribution in [-0.4, -0.2) is 22.2 Å². The zero-order chi connectivity index (χ0) is 9.42. The maximum atomic E-state index is 10.8. The Hall–Kier alpha value is -1.29. The lowest BCUT2D eigenvalue weighted by Gasteiger charge is -2.23. The first kappa shape index (κ1) is 8.31. The summed E-state index contributed by atoms with van der Waals surface area (Å²) in [7, 11) is 0. The molecule has 2 heterocycles. The molecule has 13 heavy (non-hydrogen) atoms. The van der Waals surface area contributed by atoms with E-state index in [1.807, 2.05) is 17.6 Å². The van der Waals surface area contributed by atoms with Crippen molar-refractivity contribution in [3.8, 4) is 0 Å². The van der Waals surface area contributed by atoms with E-state index in [1.54, 1.807) is 6.07 Å². The molecule has 1 atom stereocenters. The van der Waals surface area contributed by atoms with E-state index in [2.05, 4.69) is 5.32 Å². The molecule has 1 aromatic heterocycles. The van der Waals surface area contributed by atoms with Crippen molar-refractivity contribution in [3.05, 3.63) is 23.5 Å². The van der Waals surface area contributed by atoms with Crippen molar-refractivity contribution in [1.82, 2.24) is 9.88 Å². The fraction of sp³-hybridized carbons (Fsp3) is 0.444. The maximum Gasteiger partial charge on any atom is 0.352 e. The highest BCUT2D eigenvalue weighted by atomic mass is 16.4. The molecule has 0 saturated heterocycles. The largest absolute Gasteiger partial charge is 0.477 e. The molecule has 1 aliphatic rings. The summed E-state index contributed by atoms with van der Waals surface area (Å²) in [5.41, 5.74) is 1.45. The minimum absolute atomic E-state index is 0.252. The lowest BCUT2D eigenvalue weighted by atomic mass is 10.2. The van der Waals surface area contributed by atoms with Gasteiger partial charge in [-0.15, -0.1) is 0 Å². The van der Waals surface area contributed by atoms with Crippen LogP contribution in [0, 0.1) is 0 Å². The van der Waals surface area contributed by atoms with Crippen molar-refractivity contribution in [3.63, 3.8) is 0 Å². The Morgan fingerprint density at radius 2 is 2.46 bits per heavy atom. The van der Waals surface area contributed by atoms with E-state index in [0.717, 1.165) is 18.8 Å². The van der Waals surface area contributed by atoms with Crippen LogP contribution in [0.3, 0.4) is 0 Å². The molecule has 0 radical (unpaired) electrons. The molecule has 1 aromatic rings. The van der Waals surface area contributed by atoms with Crippen LogP contribution in [0.2, 0.25) is 0 Å². The molecule has 70 valence electrons. The number of fused-ring (bicyclic) bond motifs is 1. The third-order valence-corrected chi connectivity index (χ3v) is 2.46. The molecule has 0 aliphatic carbocycles. The smallest absolute Gasteiger partial charge is 0.352 e. The first-order valence-electron chi connectivity index (χ1n) is 4.36. The highest BCUT2D eigenvalue weighted by Crippen LogP contribution is 2.19. The number of aromatic nitrogens is 1. The minimum atomic E-state index is -0.847. The topological polar surface area (TPSA) is 54.3 Å². The molecule has 2 N–H and O–H groups in total. The van der Waals surface area contributed by atoms with Gasteiger partial charge in [-0.25, -0.2) is 4.79 Å². The van der Waals surface area contributed by atoms with Gasteiger partial charge in [0.25, 0.3) is 0 Å². The van der Waals surface area contributed by atoms with Gasteiger partial charge in [0.2, 0.25) is 0 Å². The summed E-state index contributed by atoms with van der Waals surface area (Å²) in [6.07, 6.45) is 0. The van der Waals surface area contributed by atoms with Gasteiger partial charge in [-0.05, 0) is 19.1 Å². The molecule has 0 spiro atoms. The van der Waals surface area contributed by atoms with Gasteiger partial charge in [0, 0.05) is 24.8 Å². The number of aromatic carboxylic acids is 1. The number of nitrogens with one attached hydrogen (secondary N) is 1. The molecular weight excluding hydrogens is 168 g/mol. The molecule has 0 amide bonds. The fourth-order valence-corrected chi connectivity index (χ4v) is 1.80. The summed E-state index contributed by atoms with van der Waals surface area (Å²) in [5.74, 6) is -0.847. The molecule has 0 unspecified atom stereocenters. The summed E-state index contributed by atoms with van der Waals surface area (Å²) < 4.78 is 1.86. The Kier molecular flexibility index (Phi) is 1.84. The SMILES string of the molecule is C[C@@H]1NCCn2c(C(=O)O)ccc21. The van der Waals surface area contributed by atoms with E-state index in [4.69, 9.17) is 5.11 Å².